The van der Waals surface area contributed by atoms with Crippen LogP contribution < -0.4 is 0 Å². The fourth-order valence-electron chi connectivity index (χ4n) is 4.04. The maximum Gasteiger partial charge on any atom is 0.289 e. The van der Waals surface area contributed by atoms with Gasteiger partial charge in [-0.15, -0.1) is 0 Å². The van der Waals surface area contributed by atoms with E-state index in [4.69, 9.17) is 0 Å². The topological polar surface area (TPSA) is 161 Å². The third kappa shape index (κ3) is 4.29. The first kappa shape index (κ1) is 24.9. The first-order valence-corrected chi connectivity index (χ1v) is 15.2. The largest absolute Gasteiger partial charge is 0.289 e. The summed E-state index contributed by atoms with van der Waals surface area (Å²) in [4.78, 5) is 20.4. The number of para-hydroxylation sites is 2. The zero-order chi connectivity index (χ0) is 24.7. The Morgan fingerprint density at radius 3 is 1.41 bits per heavy atom. The monoisotopic (exact) mass is 546 g/mol. The number of piperazine rings is 1. The molecule has 12 nitrogen and oxygen atoms in total. The Morgan fingerprint density at radius 2 is 1.06 bits per heavy atom. The summed E-state index contributed by atoms with van der Waals surface area (Å²) in [7, 11) is -5.91. The van der Waals surface area contributed by atoms with Gasteiger partial charge in [0.1, 0.15) is 0 Å². The molecule has 16 heteroatoms. The number of benzene rings is 2. The summed E-state index contributed by atoms with van der Waals surface area (Å²) in [5.74, 6) is 0.496. The third-order valence-electron chi connectivity index (χ3n) is 5.58. The van der Waals surface area contributed by atoms with E-state index >= 15 is 0 Å². The Hall–Kier alpha value is -2.24. The number of nitro benzene ring substituents is 2. The van der Waals surface area contributed by atoms with Gasteiger partial charge >= 0.3 is 0 Å². The first-order chi connectivity index (χ1) is 16.1. The van der Waals surface area contributed by atoms with Crippen LogP contribution in [0.3, 0.4) is 0 Å². The normalized spacial score (nSPS) is 22.1. The standard InChI is InChI=1S/C18H18N4O8S4/c23-21(24)13-5-1-3-7-17(13)33(27,28)19-9-10-20(16-12-32-31-11-15(16)19)34(29,30)18-8-4-2-6-14(18)22(25)26/h1-8,15-16H,9-12H2. The lowest BCUT2D eigenvalue weighted by Gasteiger charge is -2.47. The number of sulfonamides is 2. The smallest absolute Gasteiger partial charge is 0.258 e. The van der Waals surface area contributed by atoms with Gasteiger partial charge in [-0.3, -0.25) is 20.2 Å². The van der Waals surface area contributed by atoms with Crippen molar-refractivity contribution in [1.29, 1.82) is 0 Å². The number of hydrogen-bond acceptors (Lipinski definition) is 10. The average Bonchev–Trinajstić information content (AvgIpc) is 2.83. The molecule has 2 heterocycles. The van der Waals surface area contributed by atoms with Crippen LogP contribution in [0.2, 0.25) is 0 Å². The summed E-state index contributed by atoms with van der Waals surface area (Å²) in [6, 6.07) is 8.42. The van der Waals surface area contributed by atoms with Crippen LogP contribution >= 0.6 is 21.6 Å². The van der Waals surface area contributed by atoms with Gasteiger partial charge < -0.3 is 0 Å². The molecule has 0 amide bonds. The molecular weight excluding hydrogens is 528 g/mol. The molecule has 182 valence electrons. The van der Waals surface area contributed by atoms with Gasteiger partial charge in [0.15, 0.2) is 9.79 Å². The molecule has 2 aliphatic rings. The van der Waals surface area contributed by atoms with Crippen LogP contribution in [0, 0.1) is 20.2 Å². The van der Waals surface area contributed by atoms with Crippen molar-refractivity contribution >= 4 is 53.0 Å². The second-order valence-corrected chi connectivity index (χ2v) is 13.7. The van der Waals surface area contributed by atoms with Gasteiger partial charge in [0.2, 0.25) is 20.0 Å². The first-order valence-electron chi connectivity index (χ1n) is 9.81. The summed E-state index contributed by atoms with van der Waals surface area (Å²) < 4.78 is 56.2. The molecule has 0 aromatic heterocycles. The minimum Gasteiger partial charge on any atom is -0.258 e. The van der Waals surface area contributed by atoms with Crippen LogP contribution in [0.4, 0.5) is 11.4 Å². The van der Waals surface area contributed by atoms with Gasteiger partial charge in [-0.2, -0.15) is 8.61 Å². The predicted octanol–water partition coefficient (Wildman–Crippen LogP) is 2.33. The Morgan fingerprint density at radius 1 is 0.706 bits per heavy atom. The number of nitrogens with zero attached hydrogens (tertiary/aromatic N) is 4. The molecule has 2 atom stereocenters. The molecule has 2 aromatic carbocycles. The van der Waals surface area contributed by atoms with Crippen LogP contribution in [-0.4, -0.2) is 72.0 Å². The molecule has 0 aliphatic carbocycles. The lowest BCUT2D eigenvalue weighted by atomic mass is 10.1. The summed E-state index contributed by atoms with van der Waals surface area (Å²) in [6.07, 6.45) is 0. The second-order valence-electron chi connectivity index (χ2n) is 7.38. The average molecular weight is 547 g/mol. The molecule has 2 aromatic rings. The van der Waals surface area contributed by atoms with Crippen LogP contribution in [0.1, 0.15) is 0 Å². The third-order valence-corrected chi connectivity index (χ3v) is 12.0. The molecule has 2 unspecified atom stereocenters. The Kier molecular flexibility index (Phi) is 6.90. The van der Waals surface area contributed by atoms with E-state index in [2.05, 4.69) is 0 Å². The summed E-state index contributed by atoms with van der Waals surface area (Å²) in [5.41, 5.74) is -1.13. The number of fused-ring (bicyclic) bond motifs is 1. The summed E-state index contributed by atoms with van der Waals surface area (Å²) in [5, 5.41) is 22.9. The molecule has 0 N–H and O–H groups in total. The van der Waals surface area contributed by atoms with Crippen molar-refractivity contribution in [3.05, 3.63) is 68.8 Å². The Labute approximate surface area is 203 Å². The molecular formula is C18H18N4O8S4. The van der Waals surface area contributed by atoms with Crippen molar-refractivity contribution < 1.29 is 26.7 Å². The molecule has 0 radical (unpaired) electrons. The van der Waals surface area contributed by atoms with Crippen molar-refractivity contribution in [2.24, 2.45) is 0 Å². The highest BCUT2D eigenvalue weighted by Crippen LogP contribution is 2.41. The number of nitro groups is 2. The maximum atomic E-state index is 13.5. The van der Waals surface area contributed by atoms with Crippen molar-refractivity contribution in [2.45, 2.75) is 21.9 Å². The Balaban J connectivity index is 1.74. The zero-order valence-corrected chi connectivity index (χ0v) is 20.6. The lowest BCUT2D eigenvalue weighted by Crippen LogP contribution is -2.64. The molecule has 2 aliphatic heterocycles. The summed E-state index contributed by atoms with van der Waals surface area (Å²) in [6.45, 7) is -0.499. The lowest BCUT2D eigenvalue weighted by molar-refractivity contribution is -0.388. The van der Waals surface area contributed by atoms with E-state index in [0.29, 0.717) is 0 Å². The minimum absolute atomic E-state index is 0.248. The van der Waals surface area contributed by atoms with Crippen molar-refractivity contribution in [3.8, 4) is 0 Å². The number of rotatable bonds is 6. The minimum atomic E-state index is -4.32. The Bertz CT molecular complexity index is 1250. The molecule has 34 heavy (non-hydrogen) atoms. The van der Waals surface area contributed by atoms with Crippen molar-refractivity contribution in [2.75, 3.05) is 24.6 Å². The highest BCUT2D eigenvalue weighted by molar-refractivity contribution is 8.76. The van der Waals surface area contributed by atoms with Gasteiger partial charge in [0.05, 0.1) is 21.9 Å². The van der Waals surface area contributed by atoms with E-state index in [0.717, 1.165) is 32.9 Å². The van der Waals surface area contributed by atoms with Gasteiger partial charge in [-0.05, 0) is 12.1 Å². The predicted molar refractivity (Wildman–Crippen MR) is 126 cm³/mol. The van der Waals surface area contributed by atoms with E-state index in [1.807, 2.05) is 0 Å². The van der Waals surface area contributed by atoms with Gasteiger partial charge in [0, 0.05) is 36.7 Å². The maximum absolute atomic E-state index is 13.5. The quantitative estimate of drug-likeness (QED) is 0.299. The zero-order valence-electron chi connectivity index (χ0n) is 17.3. The highest BCUT2D eigenvalue weighted by atomic mass is 33.1. The van der Waals surface area contributed by atoms with Crippen LogP contribution in [0.5, 0.6) is 0 Å². The highest BCUT2D eigenvalue weighted by Gasteiger charge is 2.50. The molecule has 0 bridgehead atoms. The van der Waals surface area contributed by atoms with Crippen molar-refractivity contribution in [3.63, 3.8) is 0 Å². The fourth-order valence-corrected chi connectivity index (χ4v) is 10.5. The second kappa shape index (κ2) is 9.43. The van der Waals surface area contributed by atoms with Crippen molar-refractivity contribution in [1.82, 2.24) is 8.61 Å². The van der Waals surface area contributed by atoms with E-state index in [-0.39, 0.29) is 24.6 Å². The molecule has 2 saturated heterocycles. The van der Waals surface area contributed by atoms with Crippen LogP contribution in [0.25, 0.3) is 0 Å². The fraction of sp³-hybridized carbons (Fsp3) is 0.333. The van der Waals surface area contributed by atoms with Crippen LogP contribution in [-0.2, 0) is 20.0 Å². The molecule has 0 saturated carbocycles. The molecule has 2 fully saturated rings. The SMILES string of the molecule is O=[N+]([O-])c1ccccc1S(=O)(=O)N1CCN(S(=O)(=O)c2ccccc2[N+](=O)[O-])C2CSSCC21. The van der Waals surface area contributed by atoms with Gasteiger partial charge in [-0.25, -0.2) is 16.8 Å². The van der Waals surface area contributed by atoms with Gasteiger partial charge in [-0.1, -0.05) is 45.9 Å². The van der Waals surface area contributed by atoms with E-state index in [1.165, 1.54) is 45.9 Å². The van der Waals surface area contributed by atoms with E-state index in [1.54, 1.807) is 0 Å². The number of hydrogen-bond donors (Lipinski definition) is 0. The van der Waals surface area contributed by atoms with Crippen LogP contribution in [0.15, 0.2) is 58.3 Å². The van der Waals surface area contributed by atoms with E-state index in [9.17, 15) is 37.1 Å². The van der Waals surface area contributed by atoms with E-state index < -0.39 is 63.1 Å². The molecule has 4 rings (SSSR count). The summed E-state index contributed by atoms with van der Waals surface area (Å²) >= 11 is 0. The van der Waals surface area contributed by atoms with Gasteiger partial charge in [0.25, 0.3) is 11.4 Å². The molecule has 0 spiro atoms.